The Bertz CT molecular complexity index is 600. The molecule has 0 N–H and O–H groups in total. The van der Waals surface area contributed by atoms with Gasteiger partial charge in [0.2, 0.25) is 5.88 Å². The van der Waals surface area contributed by atoms with E-state index in [-0.39, 0.29) is 0 Å². The standard InChI is InChI=1S/C13H12Cl2N2O/c1-7-4-5-10(14)6-11(7)18-13-9(3)8(2)12(15)16-17-13/h4-6H,1-3H3. The molecular weight excluding hydrogens is 271 g/mol. The fourth-order valence-corrected chi connectivity index (χ4v) is 1.78. The highest BCUT2D eigenvalue weighted by molar-refractivity contribution is 6.30. The second-order valence-corrected chi connectivity index (χ2v) is 4.85. The van der Waals surface area contributed by atoms with Gasteiger partial charge in [-0.3, -0.25) is 0 Å². The second kappa shape index (κ2) is 5.12. The van der Waals surface area contributed by atoms with Crippen LogP contribution in [0.3, 0.4) is 0 Å². The van der Waals surface area contributed by atoms with E-state index >= 15 is 0 Å². The minimum atomic E-state index is 0.391. The Labute approximate surface area is 116 Å². The lowest BCUT2D eigenvalue weighted by Gasteiger charge is -2.11. The molecule has 1 aromatic carbocycles. The Morgan fingerprint density at radius 3 is 2.44 bits per heavy atom. The van der Waals surface area contributed by atoms with E-state index in [1.54, 1.807) is 6.07 Å². The van der Waals surface area contributed by atoms with E-state index < -0.39 is 0 Å². The normalized spacial score (nSPS) is 10.5. The van der Waals surface area contributed by atoms with Crippen LogP contribution in [0.4, 0.5) is 0 Å². The molecule has 0 aliphatic heterocycles. The molecule has 3 nitrogen and oxygen atoms in total. The number of rotatable bonds is 2. The summed E-state index contributed by atoms with van der Waals surface area (Å²) in [4.78, 5) is 0. The lowest BCUT2D eigenvalue weighted by atomic mass is 10.2. The third-order valence-electron chi connectivity index (χ3n) is 2.78. The van der Waals surface area contributed by atoms with Crippen molar-refractivity contribution in [2.24, 2.45) is 0 Å². The molecule has 0 atom stereocenters. The molecule has 18 heavy (non-hydrogen) atoms. The summed E-state index contributed by atoms with van der Waals surface area (Å²) in [5.74, 6) is 1.11. The minimum Gasteiger partial charge on any atom is -0.437 e. The molecular formula is C13H12Cl2N2O. The van der Waals surface area contributed by atoms with Crippen LogP contribution in [-0.4, -0.2) is 10.2 Å². The summed E-state index contributed by atoms with van der Waals surface area (Å²) >= 11 is 11.8. The highest BCUT2D eigenvalue weighted by Gasteiger charge is 2.11. The van der Waals surface area contributed by atoms with Crippen LogP contribution in [0.5, 0.6) is 11.6 Å². The third kappa shape index (κ3) is 2.57. The molecule has 0 aliphatic rings. The third-order valence-corrected chi connectivity index (χ3v) is 3.37. The van der Waals surface area contributed by atoms with Crippen molar-refractivity contribution in [3.63, 3.8) is 0 Å². The van der Waals surface area contributed by atoms with E-state index in [4.69, 9.17) is 27.9 Å². The molecule has 0 unspecified atom stereocenters. The summed E-state index contributed by atoms with van der Waals surface area (Å²) in [6.45, 7) is 5.71. The van der Waals surface area contributed by atoms with Gasteiger partial charge in [-0.25, -0.2) is 0 Å². The van der Waals surface area contributed by atoms with Gasteiger partial charge in [0.05, 0.1) is 0 Å². The molecule has 2 aromatic rings. The van der Waals surface area contributed by atoms with E-state index in [1.807, 2.05) is 32.9 Å². The molecule has 0 radical (unpaired) electrons. The molecule has 94 valence electrons. The van der Waals surface area contributed by atoms with Crippen molar-refractivity contribution in [3.8, 4) is 11.6 Å². The Hall–Kier alpha value is -1.32. The summed E-state index contributed by atoms with van der Waals surface area (Å²) in [7, 11) is 0. The Morgan fingerprint density at radius 1 is 1.00 bits per heavy atom. The van der Waals surface area contributed by atoms with Crippen molar-refractivity contribution in [2.45, 2.75) is 20.8 Å². The number of hydrogen-bond donors (Lipinski definition) is 0. The first-order valence-electron chi connectivity index (χ1n) is 5.42. The number of halogens is 2. The Morgan fingerprint density at radius 2 is 1.72 bits per heavy atom. The Kier molecular flexibility index (Phi) is 3.73. The van der Waals surface area contributed by atoms with Crippen molar-refractivity contribution in [1.82, 2.24) is 10.2 Å². The predicted molar refractivity (Wildman–Crippen MR) is 72.8 cm³/mol. The van der Waals surface area contributed by atoms with Crippen LogP contribution in [0.1, 0.15) is 16.7 Å². The molecule has 0 saturated carbocycles. The topological polar surface area (TPSA) is 35.0 Å². The number of aryl methyl sites for hydroxylation is 1. The van der Waals surface area contributed by atoms with Crippen molar-refractivity contribution >= 4 is 23.2 Å². The van der Waals surface area contributed by atoms with Gasteiger partial charge in [0.15, 0.2) is 5.15 Å². The number of benzene rings is 1. The maximum atomic E-state index is 5.94. The molecule has 0 saturated heterocycles. The van der Waals surface area contributed by atoms with E-state index in [1.165, 1.54) is 0 Å². The van der Waals surface area contributed by atoms with Crippen LogP contribution in [0.2, 0.25) is 10.2 Å². The summed E-state index contributed by atoms with van der Waals surface area (Å²) in [5.41, 5.74) is 2.71. The highest BCUT2D eigenvalue weighted by atomic mass is 35.5. The quantitative estimate of drug-likeness (QED) is 0.813. The molecule has 5 heteroatoms. The first-order chi connectivity index (χ1) is 8.49. The lowest BCUT2D eigenvalue weighted by Crippen LogP contribution is -1.98. The molecule has 1 aromatic heterocycles. The first kappa shape index (κ1) is 13.1. The summed E-state index contributed by atoms with van der Waals surface area (Å²) < 4.78 is 5.74. The van der Waals surface area contributed by atoms with Crippen LogP contribution < -0.4 is 4.74 Å². The molecule has 1 heterocycles. The largest absolute Gasteiger partial charge is 0.437 e. The van der Waals surface area contributed by atoms with Crippen molar-refractivity contribution in [1.29, 1.82) is 0 Å². The van der Waals surface area contributed by atoms with Gasteiger partial charge in [-0.1, -0.05) is 29.3 Å². The van der Waals surface area contributed by atoms with Crippen molar-refractivity contribution in [3.05, 3.63) is 45.1 Å². The Balaban J connectivity index is 2.40. The zero-order chi connectivity index (χ0) is 13.3. The van der Waals surface area contributed by atoms with Gasteiger partial charge in [-0.15, -0.1) is 10.2 Å². The molecule has 2 rings (SSSR count). The van der Waals surface area contributed by atoms with Crippen LogP contribution in [-0.2, 0) is 0 Å². The van der Waals surface area contributed by atoms with Crippen molar-refractivity contribution < 1.29 is 4.74 Å². The van der Waals surface area contributed by atoms with E-state index in [0.29, 0.717) is 21.8 Å². The van der Waals surface area contributed by atoms with Crippen LogP contribution >= 0.6 is 23.2 Å². The van der Waals surface area contributed by atoms with E-state index in [9.17, 15) is 0 Å². The number of nitrogens with zero attached hydrogens (tertiary/aromatic N) is 2. The SMILES string of the molecule is Cc1ccc(Cl)cc1Oc1nnc(Cl)c(C)c1C. The first-order valence-corrected chi connectivity index (χ1v) is 6.18. The summed E-state index contributed by atoms with van der Waals surface area (Å²) in [5, 5.41) is 8.81. The highest BCUT2D eigenvalue weighted by Crippen LogP contribution is 2.30. The fourth-order valence-electron chi connectivity index (χ4n) is 1.44. The van der Waals surface area contributed by atoms with Crippen LogP contribution in [0.15, 0.2) is 18.2 Å². The van der Waals surface area contributed by atoms with Gasteiger partial charge in [-0.2, -0.15) is 0 Å². The van der Waals surface area contributed by atoms with Crippen molar-refractivity contribution in [2.75, 3.05) is 0 Å². The van der Waals surface area contributed by atoms with Gasteiger partial charge in [0, 0.05) is 10.6 Å². The van der Waals surface area contributed by atoms with Gasteiger partial charge >= 0.3 is 0 Å². The minimum absolute atomic E-state index is 0.391. The summed E-state index contributed by atoms with van der Waals surface area (Å²) in [6, 6.07) is 5.46. The smallest absolute Gasteiger partial charge is 0.242 e. The van der Waals surface area contributed by atoms with Crippen LogP contribution in [0, 0.1) is 20.8 Å². The maximum absolute atomic E-state index is 5.94. The molecule has 0 bridgehead atoms. The average Bonchev–Trinajstić information content (AvgIpc) is 2.34. The summed E-state index contributed by atoms with van der Waals surface area (Å²) in [6.07, 6.45) is 0. The molecule has 0 aliphatic carbocycles. The monoisotopic (exact) mass is 282 g/mol. The molecule has 0 fully saturated rings. The molecule has 0 spiro atoms. The molecule has 0 amide bonds. The zero-order valence-electron chi connectivity index (χ0n) is 10.3. The lowest BCUT2D eigenvalue weighted by molar-refractivity contribution is 0.447. The fraction of sp³-hybridized carbons (Fsp3) is 0.231. The van der Waals surface area contributed by atoms with Gasteiger partial charge < -0.3 is 4.74 Å². The van der Waals surface area contributed by atoms with Gasteiger partial charge in [0.25, 0.3) is 0 Å². The average molecular weight is 283 g/mol. The van der Waals surface area contributed by atoms with E-state index in [2.05, 4.69) is 10.2 Å². The zero-order valence-corrected chi connectivity index (χ0v) is 11.8. The predicted octanol–water partition coefficient (Wildman–Crippen LogP) is 4.50. The number of hydrogen-bond acceptors (Lipinski definition) is 3. The van der Waals surface area contributed by atoms with E-state index in [0.717, 1.165) is 16.7 Å². The van der Waals surface area contributed by atoms with Gasteiger partial charge in [-0.05, 0) is 44.0 Å². The van der Waals surface area contributed by atoms with Gasteiger partial charge in [0.1, 0.15) is 5.75 Å². The number of ether oxygens (including phenoxy) is 1. The van der Waals surface area contributed by atoms with Crippen LogP contribution in [0.25, 0.3) is 0 Å². The number of aromatic nitrogens is 2. The second-order valence-electron chi connectivity index (χ2n) is 4.06. The maximum Gasteiger partial charge on any atom is 0.242 e.